The van der Waals surface area contributed by atoms with Crippen LogP contribution in [-0.4, -0.2) is 9.55 Å². The maximum absolute atomic E-state index is 13.0. The van der Waals surface area contributed by atoms with Gasteiger partial charge in [-0.05, 0) is 18.9 Å². The maximum Gasteiger partial charge on any atom is 0.191 e. The molecule has 0 unspecified atom stereocenters. The summed E-state index contributed by atoms with van der Waals surface area (Å²) in [4.78, 5) is 15.5. The summed E-state index contributed by atoms with van der Waals surface area (Å²) >= 11 is 0. The molecule has 0 atom stereocenters. The van der Waals surface area contributed by atoms with Gasteiger partial charge in [0.25, 0.3) is 0 Å². The van der Waals surface area contributed by atoms with Crippen LogP contribution in [0.15, 0.2) is 29.3 Å². The second-order valence-electron chi connectivity index (χ2n) is 3.84. The van der Waals surface area contributed by atoms with Crippen molar-refractivity contribution in [3.8, 4) is 0 Å². The Kier molecular flexibility index (Phi) is 1.65. The molecule has 0 N–H and O–H groups in total. The average Bonchev–Trinajstić information content (AvgIpc) is 3.03. The molecule has 0 aromatic carbocycles. The summed E-state index contributed by atoms with van der Waals surface area (Å²) in [5.74, 6) is -0.465. The predicted molar refractivity (Wildman–Crippen MR) is 54.2 cm³/mol. The standard InChI is InChI=1S/C11H9FN2O/c12-7-5-9-10(15)3-4-14(8-1-2-8)11(9)13-6-7/h3-6,8H,1-2H2. The third-order valence-electron chi connectivity index (χ3n) is 2.67. The van der Waals surface area contributed by atoms with Crippen LogP contribution in [0.4, 0.5) is 4.39 Å². The Bertz CT molecular complexity index is 587. The highest BCUT2D eigenvalue weighted by Gasteiger charge is 2.24. The summed E-state index contributed by atoms with van der Waals surface area (Å²) in [6.07, 6.45) is 5.11. The Morgan fingerprint density at radius 1 is 1.47 bits per heavy atom. The van der Waals surface area contributed by atoms with Gasteiger partial charge in [0, 0.05) is 18.3 Å². The summed E-state index contributed by atoms with van der Waals surface area (Å²) in [6.45, 7) is 0. The van der Waals surface area contributed by atoms with Gasteiger partial charge < -0.3 is 4.57 Å². The fraction of sp³-hybridized carbons (Fsp3) is 0.273. The molecule has 2 aromatic heterocycles. The van der Waals surface area contributed by atoms with Crippen molar-refractivity contribution in [2.75, 3.05) is 0 Å². The number of aromatic nitrogens is 2. The van der Waals surface area contributed by atoms with Gasteiger partial charge in [-0.15, -0.1) is 0 Å². The lowest BCUT2D eigenvalue weighted by Gasteiger charge is -2.07. The van der Waals surface area contributed by atoms with Crippen LogP contribution in [-0.2, 0) is 0 Å². The summed E-state index contributed by atoms with van der Waals surface area (Å²) in [7, 11) is 0. The molecule has 0 aliphatic heterocycles. The van der Waals surface area contributed by atoms with Crippen molar-refractivity contribution >= 4 is 11.0 Å². The summed E-state index contributed by atoms with van der Waals surface area (Å²) in [5.41, 5.74) is 0.417. The van der Waals surface area contributed by atoms with Crippen LogP contribution in [0.2, 0.25) is 0 Å². The summed E-state index contributed by atoms with van der Waals surface area (Å²) < 4.78 is 14.9. The molecule has 0 saturated heterocycles. The molecule has 3 rings (SSSR count). The van der Waals surface area contributed by atoms with Crippen LogP contribution >= 0.6 is 0 Å². The van der Waals surface area contributed by atoms with Crippen molar-refractivity contribution in [1.82, 2.24) is 9.55 Å². The minimum atomic E-state index is -0.465. The Hall–Kier alpha value is -1.71. The molecule has 1 saturated carbocycles. The lowest BCUT2D eigenvalue weighted by atomic mass is 10.2. The first-order chi connectivity index (χ1) is 7.25. The first kappa shape index (κ1) is 8.59. The molecule has 1 aliphatic rings. The lowest BCUT2D eigenvalue weighted by molar-refractivity contribution is 0.622. The number of hydrogen-bond acceptors (Lipinski definition) is 2. The molecular formula is C11H9FN2O. The number of fused-ring (bicyclic) bond motifs is 1. The van der Waals surface area contributed by atoms with Gasteiger partial charge in [0.15, 0.2) is 5.43 Å². The molecule has 76 valence electrons. The van der Waals surface area contributed by atoms with Crippen LogP contribution in [0, 0.1) is 5.82 Å². The van der Waals surface area contributed by atoms with E-state index in [-0.39, 0.29) is 5.43 Å². The number of halogens is 1. The van der Waals surface area contributed by atoms with Gasteiger partial charge in [-0.25, -0.2) is 9.37 Å². The van der Waals surface area contributed by atoms with Gasteiger partial charge in [0.1, 0.15) is 11.5 Å². The van der Waals surface area contributed by atoms with E-state index in [2.05, 4.69) is 4.98 Å². The SMILES string of the molecule is O=c1ccn(C2CC2)c2ncc(F)cc12. The topological polar surface area (TPSA) is 34.9 Å². The zero-order chi connectivity index (χ0) is 10.4. The monoisotopic (exact) mass is 204 g/mol. The highest BCUT2D eigenvalue weighted by molar-refractivity contribution is 5.74. The molecule has 2 heterocycles. The molecule has 4 heteroatoms. The Balaban J connectivity index is 2.39. The molecule has 0 amide bonds. The Morgan fingerprint density at radius 3 is 3.00 bits per heavy atom. The largest absolute Gasteiger partial charge is 0.329 e. The molecule has 0 radical (unpaired) electrons. The van der Waals surface area contributed by atoms with Crippen molar-refractivity contribution in [2.45, 2.75) is 18.9 Å². The fourth-order valence-electron chi connectivity index (χ4n) is 1.77. The maximum atomic E-state index is 13.0. The third-order valence-corrected chi connectivity index (χ3v) is 2.67. The third kappa shape index (κ3) is 1.33. The Labute approximate surface area is 85.2 Å². The van der Waals surface area contributed by atoms with E-state index in [9.17, 15) is 9.18 Å². The smallest absolute Gasteiger partial charge is 0.191 e. The second-order valence-corrected chi connectivity index (χ2v) is 3.84. The summed E-state index contributed by atoms with van der Waals surface area (Å²) in [6, 6.07) is 3.16. The van der Waals surface area contributed by atoms with Crippen molar-refractivity contribution in [1.29, 1.82) is 0 Å². The first-order valence-corrected chi connectivity index (χ1v) is 4.92. The van der Waals surface area contributed by atoms with E-state index in [1.165, 1.54) is 12.1 Å². The van der Waals surface area contributed by atoms with Gasteiger partial charge in [0.05, 0.1) is 11.6 Å². The van der Waals surface area contributed by atoms with Crippen molar-refractivity contribution in [2.24, 2.45) is 0 Å². The van der Waals surface area contributed by atoms with Gasteiger partial charge in [-0.2, -0.15) is 0 Å². The van der Waals surface area contributed by atoms with Crippen molar-refractivity contribution in [3.63, 3.8) is 0 Å². The van der Waals surface area contributed by atoms with E-state index in [0.717, 1.165) is 19.0 Å². The van der Waals surface area contributed by atoms with Crippen LogP contribution in [0.3, 0.4) is 0 Å². The predicted octanol–water partition coefficient (Wildman–Crippen LogP) is 1.87. The van der Waals surface area contributed by atoms with Crippen molar-refractivity contribution in [3.05, 3.63) is 40.6 Å². The zero-order valence-corrected chi connectivity index (χ0v) is 7.98. The van der Waals surface area contributed by atoms with Gasteiger partial charge in [0.2, 0.25) is 0 Å². The minimum Gasteiger partial charge on any atom is -0.329 e. The van der Waals surface area contributed by atoms with E-state index in [0.29, 0.717) is 17.1 Å². The normalized spacial score (nSPS) is 15.8. The van der Waals surface area contributed by atoms with E-state index >= 15 is 0 Å². The van der Waals surface area contributed by atoms with Gasteiger partial charge in [-0.3, -0.25) is 4.79 Å². The second kappa shape index (κ2) is 2.89. The highest BCUT2D eigenvalue weighted by Crippen LogP contribution is 2.35. The molecule has 3 nitrogen and oxygen atoms in total. The quantitative estimate of drug-likeness (QED) is 0.710. The fourth-order valence-corrected chi connectivity index (χ4v) is 1.77. The minimum absolute atomic E-state index is 0.172. The highest BCUT2D eigenvalue weighted by atomic mass is 19.1. The zero-order valence-electron chi connectivity index (χ0n) is 7.98. The van der Waals surface area contributed by atoms with Crippen LogP contribution in [0.5, 0.6) is 0 Å². The summed E-state index contributed by atoms with van der Waals surface area (Å²) in [5, 5.41) is 0.365. The Morgan fingerprint density at radius 2 is 2.27 bits per heavy atom. The van der Waals surface area contributed by atoms with E-state index in [1.54, 1.807) is 6.20 Å². The van der Waals surface area contributed by atoms with Crippen LogP contribution < -0.4 is 5.43 Å². The van der Waals surface area contributed by atoms with E-state index in [4.69, 9.17) is 0 Å². The first-order valence-electron chi connectivity index (χ1n) is 4.92. The van der Waals surface area contributed by atoms with E-state index < -0.39 is 5.82 Å². The molecular weight excluding hydrogens is 195 g/mol. The van der Waals surface area contributed by atoms with E-state index in [1.807, 2.05) is 4.57 Å². The number of rotatable bonds is 1. The van der Waals surface area contributed by atoms with Crippen molar-refractivity contribution < 1.29 is 4.39 Å². The van der Waals surface area contributed by atoms with Gasteiger partial charge >= 0.3 is 0 Å². The molecule has 0 bridgehead atoms. The lowest BCUT2D eigenvalue weighted by Crippen LogP contribution is -2.08. The molecule has 15 heavy (non-hydrogen) atoms. The molecule has 0 spiro atoms. The average molecular weight is 204 g/mol. The van der Waals surface area contributed by atoms with Crippen LogP contribution in [0.1, 0.15) is 18.9 Å². The molecule has 1 aliphatic carbocycles. The van der Waals surface area contributed by atoms with Crippen LogP contribution in [0.25, 0.3) is 11.0 Å². The molecule has 2 aromatic rings. The number of hydrogen-bond donors (Lipinski definition) is 0. The number of nitrogens with zero attached hydrogens (tertiary/aromatic N) is 2. The molecule has 1 fully saturated rings. The number of pyridine rings is 2. The van der Waals surface area contributed by atoms with Gasteiger partial charge in [-0.1, -0.05) is 0 Å².